The third-order valence-corrected chi connectivity index (χ3v) is 3.71. The molecule has 0 aliphatic rings. The van der Waals surface area contributed by atoms with Crippen LogP contribution in [0.15, 0.2) is 40.8 Å². The van der Waals surface area contributed by atoms with Crippen molar-refractivity contribution in [2.24, 2.45) is 0 Å². The van der Waals surface area contributed by atoms with Gasteiger partial charge in [0.2, 0.25) is 5.91 Å². The van der Waals surface area contributed by atoms with Gasteiger partial charge in [-0.05, 0) is 25.1 Å². The second kappa shape index (κ2) is 8.19. The number of hydrogen-bond acceptors (Lipinski definition) is 5. The van der Waals surface area contributed by atoms with Gasteiger partial charge in [0.15, 0.2) is 0 Å². The Kier molecular flexibility index (Phi) is 6.00. The van der Waals surface area contributed by atoms with E-state index in [9.17, 15) is 9.59 Å². The number of carbonyl (C=O) groups excluding carboxylic acids is 2. The summed E-state index contributed by atoms with van der Waals surface area (Å²) in [5.74, 6) is 0.925. The molecule has 132 valence electrons. The summed E-state index contributed by atoms with van der Waals surface area (Å²) in [5, 5.41) is 0. The molecule has 6 heteroatoms. The Morgan fingerprint density at radius 2 is 1.96 bits per heavy atom. The number of furan rings is 1. The van der Waals surface area contributed by atoms with Crippen LogP contribution in [0.2, 0.25) is 0 Å². The lowest BCUT2D eigenvalue weighted by Gasteiger charge is -2.17. The molecule has 0 saturated heterocycles. The number of nitrogens with zero attached hydrogens (tertiary/aromatic N) is 1. The van der Waals surface area contributed by atoms with Crippen LogP contribution < -0.4 is 4.74 Å². The van der Waals surface area contributed by atoms with E-state index < -0.39 is 5.97 Å². The number of ether oxygens (including phenoxy) is 2. The van der Waals surface area contributed by atoms with Gasteiger partial charge in [0.05, 0.1) is 14.2 Å². The zero-order valence-electron chi connectivity index (χ0n) is 14.7. The fourth-order valence-electron chi connectivity index (χ4n) is 2.35. The average molecular weight is 343 g/mol. The number of rotatable bonds is 6. The molecule has 0 unspecified atom stereocenters. The molecule has 25 heavy (non-hydrogen) atoms. The van der Waals surface area contributed by atoms with Crippen molar-refractivity contribution in [2.45, 2.75) is 13.5 Å². The fourth-order valence-corrected chi connectivity index (χ4v) is 2.35. The van der Waals surface area contributed by atoms with Crippen molar-refractivity contribution in [3.63, 3.8) is 0 Å². The molecule has 2 rings (SSSR count). The summed E-state index contributed by atoms with van der Waals surface area (Å²) >= 11 is 0. The van der Waals surface area contributed by atoms with Gasteiger partial charge in [-0.1, -0.05) is 18.2 Å². The largest absolute Gasteiger partial charge is 0.496 e. The van der Waals surface area contributed by atoms with Gasteiger partial charge < -0.3 is 18.8 Å². The summed E-state index contributed by atoms with van der Waals surface area (Å²) in [4.78, 5) is 25.4. The maximum absolute atomic E-state index is 12.3. The molecular weight excluding hydrogens is 322 g/mol. The van der Waals surface area contributed by atoms with Gasteiger partial charge in [-0.25, -0.2) is 4.79 Å². The van der Waals surface area contributed by atoms with E-state index in [4.69, 9.17) is 9.15 Å². The third kappa shape index (κ3) is 4.50. The Bertz CT molecular complexity index is 791. The molecule has 0 radical (unpaired) electrons. The zero-order chi connectivity index (χ0) is 18.4. The fraction of sp³-hybridized carbons (Fsp3) is 0.263. The summed E-state index contributed by atoms with van der Waals surface area (Å²) < 4.78 is 15.4. The van der Waals surface area contributed by atoms with Gasteiger partial charge >= 0.3 is 5.97 Å². The molecule has 0 saturated carbocycles. The Hall–Kier alpha value is -3.02. The first kappa shape index (κ1) is 18.3. The number of amides is 1. The van der Waals surface area contributed by atoms with Gasteiger partial charge in [-0.3, -0.25) is 4.79 Å². The minimum Gasteiger partial charge on any atom is -0.496 e. The molecule has 6 nitrogen and oxygen atoms in total. The Morgan fingerprint density at radius 1 is 1.24 bits per heavy atom. The van der Waals surface area contributed by atoms with Gasteiger partial charge in [0, 0.05) is 25.2 Å². The summed E-state index contributed by atoms with van der Waals surface area (Å²) in [5.41, 5.74) is 1.26. The lowest BCUT2D eigenvalue weighted by Crippen LogP contribution is -2.24. The molecular formula is C19H21NO5. The molecule has 0 bridgehead atoms. The Balaban J connectivity index is 2.06. The highest BCUT2D eigenvalue weighted by molar-refractivity contribution is 5.93. The highest BCUT2D eigenvalue weighted by Crippen LogP contribution is 2.19. The third-order valence-electron chi connectivity index (χ3n) is 3.71. The molecule has 0 atom stereocenters. The number of esters is 1. The Morgan fingerprint density at radius 3 is 2.64 bits per heavy atom. The number of aryl methyl sites for hydroxylation is 1. The van der Waals surface area contributed by atoms with Gasteiger partial charge in [0.25, 0.3) is 0 Å². The molecule has 1 heterocycles. The molecule has 1 aromatic carbocycles. The monoisotopic (exact) mass is 343 g/mol. The van der Waals surface area contributed by atoms with E-state index in [0.29, 0.717) is 23.6 Å². The summed E-state index contributed by atoms with van der Waals surface area (Å²) in [6.07, 6.45) is 2.93. The van der Waals surface area contributed by atoms with E-state index in [1.807, 2.05) is 24.3 Å². The first-order chi connectivity index (χ1) is 12.0. The minimum atomic E-state index is -0.472. The quantitative estimate of drug-likeness (QED) is 0.596. The van der Waals surface area contributed by atoms with Crippen molar-refractivity contribution < 1.29 is 23.5 Å². The standard InChI is InChI=1S/C19H21NO5/c1-13-16(19(22)24-4)11-15(25-13)9-10-18(21)20(2)12-14-7-5-6-8-17(14)23-3/h5-11H,12H2,1-4H3/b10-9+. The van der Waals surface area contributed by atoms with E-state index in [1.54, 1.807) is 32.0 Å². The molecule has 0 spiro atoms. The molecule has 1 amide bonds. The van der Waals surface area contributed by atoms with Crippen molar-refractivity contribution in [1.82, 2.24) is 4.90 Å². The number of likely N-dealkylation sites (N-methyl/N-ethyl adjacent to an activating group) is 1. The van der Waals surface area contributed by atoms with Gasteiger partial charge in [-0.2, -0.15) is 0 Å². The van der Waals surface area contributed by atoms with Crippen LogP contribution in [-0.4, -0.2) is 38.0 Å². The topological polar surface area (TPSA) is 69.0 Å². The van der Waals surface area contributed by atoms with Crippen LogP contribution in [0.1, 0.15) is 27.4 Å². The van der Waals surface area contributed by atoms with Crippen LogP contribution in [0.4, 0.5) is 0 Å². The van der Waals surface area contributed by atoms with Crippen molar-refractivity contribution in [3.8, 4) is 5.75 Å². The van der Waals surface area contributed by atoms with Crippen LogP contribution in [0.25, 0.3) is 6.08 Å². The van der Waals surface area contributed by atoms with Crippen molar-refractivity contribution >= 4 is 18.0 Å². The van der Waals surface area contributed by atoms with E-state index >= 15 is 0 Å². The van der Waals surface area contributed by atoms with Crippen LogP contribution in [-0.2, 0) is 16.1 Å². The summed E-state index contributed by atoms with van der Waals surface area (Å²) in [7, 11) is 4.60. The lowest BCUT2D eigenvalue weighted by molar-refractivity contribution is -0.125. The van der Waals surface area contributed by atoms with Gasteiger partial charge in [0.1, 0.15) is 22.8 Å². The summed E-state index contributed by atoms with van der Waals surface area (Å²) in [6, 6.07) is 9.08. The predicted octanol–water partition coefficient (Wildman–Crippen LogP) is 3.06. The second-order valence-corrected chi connectivity index (χ2v) is 5.45. The number of carbonyl (C=O) groups is 2. The second-order valence-electron chi connectivity index (χ2n) is 5.45. The number of benzene rings is 1. The van der Waals surface area contributed by atoms with E-state index in [-0.39, 0.29) is 5.91 Å². The van der Waals surface area contributed by atoms with Crippen molar-refractivity contribution in [2.75, 3.05) is 21.3 Å². The molecule has 1 aromatic heterocycles. The first-order valence-corrected chi connectivity index (χ1v) is 7.70. The smallest absolute Gasteiger partial charge is 0.341 e. The maximum atomic E-state index is 12.3. The summed E-state index contributed by atoms with van der Waals surface area (Å²) in [6.45, 7) is 2.08. The van der Waals surface area contributed by atoms with Crippen LogP contribution >= 0.6 is 0 Å². The SMILES string of the molecule is COC(=O)c1cc(/C=C/C(=O)N(C)Cc2ccccc2OC)oc1C. The van der Waals surface area contributed by atoms with Gasteiger partial charge in [-0.15, -0.1) is 0 Å². The molecule has 0 aliphatic carbocycles. The molecule has 2 aromatic rings. The zero-order valence-corrected chi connectivity index (χ0v) is 14.7. The molecule has 0 fully saturated rings. The average Bonchev–Trinajstić information content (AvgIpc) is 3.00. The maximum Gasteiger partial charge on any atom is 0.341 e. The van der Waals surface area contributed by atoms with Crippen molar-refractivity contribution in [3.05, 3.63) is 59.1 Å². The number of hydrogen-bond donors (Lipinski definition) is 0. The number of methoxy groups -OCH3 is 2. The van der Waals surface area contributed by atoms with Crippen LogP contribution in [0, 0.1) is 6.92 Å². The molecule has 0 N–H and O–H groups in total. The normalized spacial score (nSPS) is 10.7. The molecule has 0 aliphatic heterocycles. The minimum absolute atomic E-state index is 0.195. The van der Waals surface area contributed by atoms with E-state index in [0.717, 1.165) is 11.3 Å². The first-order valence-electron chi connectivity index (χ1n) is 7.70. The highest BCUT2D eigenvalue weighted by atomic mass is 16.5. The predicted molar refractivity (Wildman–Crippen MR) is 93.3 cm³/mol. The number of para-hydroxylation sites is 1. The van der Waals surface area contributed by atoms with E-state index in [1.165, 1.54) is 19.3 Å². The Labute approximate surface area is 146 Å². The van der Waals surface area contributed by atoms with E-state index in [2.05, 4.69) is 4.74 Å². The highest BCUT2D eigenvalue weighted by Gasteiger charge is 2.15. The van der Waals surface area contributed by atoms with Crippen LogP contribution in [0.3, 0.4) is 0 Å². The lowest BCUT2D eigenvalue weighted by atomic mass is 10.2. The van der Waals surface area contributed by atoms with Crippen LogP contribution in [0.5, 0.6) is 5.75 Å². The van der Waals surface area contributed by atoms with Crippen molar-refractivity contribution in [1.29, 1.82) is 0 Å².